The Labute approximate surface area is 165 Å². The van der Waals surface area contributed by atoms with Crippen LogP contribution in [0.15, 0.2) is 35.4 Å². The molecule has 0 bridgehead atoms. The van der Waals surface area contributed by atoms with E-state index >= 15 is 0 Å². The zero-order chi connectivity index (χ0) is 22.1. The molecule has 0 spiro atoms. The second-order valence-electron chi connectivity index (χ2n) is 6.78. The van der Waals surface area contributed by atoms with E-state index in [4.69, 9.17) is 0 Å². The normalized spacial score (nSPS) is 17.7. The Bertz CT molecular complexity index is 986. The van der Waals surface area contributed by atoms with Gasteiger partial charge < -0.3 is 15.2 Å². The molecule has 1 fully saturated rings. The predicted octanol–water partition coefficient (Wildman–Crippen LogP) is 3.66. The van der Waals surface area contributed by atoms with Crippen LogP contribution in [0.3, 0.4) is 0 Å². The van der Waals surface area contributed by atoms with Gasteiger partial charge in [0, 0.05) is 25.5 Å². The number of nitrogens with zero attached hydrogens (tertiary/aromatic N) is 2. The number of hydrogen-bond donors (Lipinski definition) is 2. The van der Waals surface area contributed by atoms with E-state index in [9.17, 15) is 35.9 Å². The molecule has 1 aliphatic heterocycles. The molecule has 0 saturated carbocycles. The summed E-state index contributed by atoms with van der Waals surface area (Å²) in [6, 6.07) is 2.55. The summed E-state index contributed by atoms with van der Waals surface area (Å²) >= 11 is 0. The Kier molecular flexibility index (Phi) is 5.77. The molecule has 1 aliphatic rings. The number of amides is 1. The molecule has 0 radical (unpaired) electrons. The third kappa shape index (κ3) is 4.74. The number of hydrogen-bond acceptors (Lipinski definition) is 4. The fourth-order valence-corrected chi connectivity index (χ4v) is 3.23. The van der Waals surface area contributed by atoms with E-state index in [2.05, 4.69) is 10.3 Å². The van der Waals surface area contributed by atoms with Gasteiger partial charge in [-0.25, -0.2) is 4.98 Å². The van der Waals surface area contributed by atoms with E-state index in [1.165, 1.54) is 11.1 Å². The number of alkyl halides is 6. The maximum absolute atomic E-state index is 13.2. The quantitative estimate of drug-likeness (QED) is 0.723. The first-order chi connectivity index (χ1) is 14.0. The summed E-state index contributed by atoms with van der Waals surface area (Å²) in [6.45, 7) is 0.108. The maximum Gasteiger partial charge on any atom is 0.419 e. The monoisotopic (exact) mass is 434 g/mol. The lowest BCUT2D eigenvalue weighted by molar-refractivity contribution is -0.138. The molecule has 3 rings (SSSR count). The Balaban J connectivity index is 1.79. The van der Waals surface area contributed by atoms with E-state index in [1.807, 2.05) is 4.98 Å². The van der Waals surface area contributed by atoms with E-state index in [-0.39, 0.29) is 18.9 Å². The van der Waals surface area contributed by atoms with Crippen molar-refractivity contribution in [2.75, 3.05) is 23.3 Å². The number of rotatable bonds is 3. The number of aromatic nitrogens is 2. The molecule has 1 atom stereocenters. The molecule has 162 valence electrons. The number of halogens is 6. The number of H-pyrrole nitrogens is 1. The number of carbonyl (C=O) groups is 1. The van der Waals surface area contributed by atoms with E-state index in [0.717, 1.165) is 12.1 Å². The van der Waals surface area contributed by atoms with E-state index in [0.29, 0.717) is 25.1 Å². The van der Waals surface area contributed by atoms with E-state index in [1.54, 1.807) is 0 Å². The minimum absolute atomic E-state index is 0.122. The summed E-state index contributed by atoms with van der Waals surface area (Å²) < 4.78 is 78.2. The third-order valence-electron chi connectivity index (χ3n) is 4.67. The van der Waals surface area contributed by atoms with Crippen LogP contribution in [0.1, 0.15) is 24.0 Å². The van der Waals surface area contributed by atoms with Crippen LogP contribution in [0.4, 0.5) is 37.8 Å². The van der Waals surface area contributed by atoms with Crippen LogP contribution >= 0.6 is 0 Å². The molecule has 2 aromatic heterocycles. The van der Waals surface area contributed by atoms with Crippen molar-refractivity contribution < 1.29 is 31.1 Å². The summed E-state index contributed by atoms with van der Waals surface area (Å²) in [4.78, 5) is 31.3. The minimum atomic E-state index is -4.72. The number of aromatic amines is 1. The highest BCUT2D eigenvalue weighted by atomic mass is 19.4. The summed E-state index contributed by atoms with van der Waals surface area (Å²) in [7, 11) is 0. The van der Waals surface area contributed by atoms with Gasteiger partial charge in [-0.05, 0) is 31.0 Å². The number of anilines is 2. The molecule has 2 aromatic rings. The largest absolute Gasteiger partial charge is 0.419 e. The summed E-state index contributed by atoms with van der Waals surface area (Å²) in [5.74, 6) is -1.91. The van der Waals surface area contributed by atoms with Crippen molar-refractivity contribution in [3.8, 4) is 0 Å². The van der Waals surface area contributed by atoms with Crippen molar-refractivity contribution >= 4 is 17.4 Å². The molecular formula is C18H16F6N4O2. The number of piperidine rings is 1. The Morgan fingerprint density at radius 1 is 1.20 bits per heavy atom. The van der Waals surface area contributed by atoms with Gasteiger partial charge in [0.15, 0.2) is 0 Å². The van der Waals surface area contributed by atoms with Crippen LogP contribution in [-0.2, 0) is 17.1 Å². The van der Waals surface area contributed by atoms with Crippen molar-refractivity contribution in [3.63, 3.8) is 0 Å². The van der Waals surface area contributed by atoms with Crippen LogP contribution in [0.25, 0.3) is 0 Å². The molecular weight excluding hydrogens is 418 g/mol. The van der Waals surface area contributed by atoms with Crippen LogP contribution in [0, 0.1) is 5.92 Å². The van der Waals surface area contributed by atoms with Crippen molar-refractivity contribution in [2.45, 2.75) is 25.2 Å². The molecule has 1 unspecified atom stereocenters. The third-order valence-corrected chi connectivity index (χ3v) is 4.67. The zero-order valence-corrected chi connectivity index (χ0v) is 15.3. The Morgan fingerprint density at radius 2 is 1.93 bits per heavy atom. The van der Waals surface area contributed by atoms with Crippen molar-refractivity contribution in [2.24, 2.45) is 5.92 Å². The Hall–Kier alpha value is -3.05. The van der Waals surface area contributed by atoms with Gasteiger partial charge in [0.2, 0.25) is 5.91 Å². The maximum atomic E-state index is 13.2. The van der Waals surface area contributed by atoms with Gasteiger partial charge in [-0.2, -0.15) is 26.3 Å². The molecule has 2 N–H and O–H groups in total. The first-order valence-corrected chi connectivity index (χ1v) is 8.85. The van der Waals surface area contributed by atoms with Crippen LogP contribution in [0.2, 0.25) is 0 Å². The van der Waals surface area contributed by atoms with Crippen LogP contribution < -0.4 is 15.8 Å². The molecule has 0 aromatic carbocycles. The highest BCUT2D eigenvalue weighted by molar-refractivity contribution is 5.93. The van der Waals surface area contributed by atoms with Gasteiger partial charge >= 0.3 is 12.4 Å². The lowest BCUT2D eigenvalue weighted by Gasteiger charge is -2.34. The molecule has 0 aliphatic carbocycles. The first kappa shape index (κ1) is 21.7. The standard InChI is InChI=1S/C18H16F6N4O2/c19-17(20,21)11-7-13(16(30)26-8-11)27-15(29)10-3-2-6-28(9-10)14-12(18(22,23)24)4-1-5-25-14/h1,4-5,7-8,10H,2-3,6,9H2,(H,26,30)(H,27,29). The minimum Gasteiger partial charge on any atom is -0.355 e. The SMILES string of the molecule is O=C(Nc1cc(C(F)(F)F)c[nH]c1=O)C1CCCN(c2ncccc2C(F)(F)F)C1. The molecule has 30 heavy (non-hydrogen) atoms. The second-order valence-corrected chi connectivity index (χ2v) is 6.78. The zero-order valence-electron chi connectivity index (χ0n) is 15.3. The number of carbonyl (C=O) groups excluding carboxylic acids is 1. The predicted molar refractivity (Wildman–Crippen MR) is 94.9 cm³/mol. The van der Waals surface area contributed by atoms with Crippen LogP contribution in [-0.4, -0.2) is 29.0 Å². The van der Waals surface area contributed by atoms with Gasteiger partial charge in [-0.1, -0.05) is 0 Å². The van der Waals surface area contributed by atoms with Gasteiger partial charge in [0.05, 0.1) is 17.0 Å². The summed E-state index contributed by atoms with van der Waals surface area (Å²) in [5.41, 5.74) is -3.60. The van der Waals surface area contributed by atoms with Crippen molar-refractivity contribution in [1.82, 2.24) is 9.97 Å². The molecule has 1 amide bonds. The van der Waals surface area contributed by atoms with Gasteiger partial charge in [-0.3, -0.25) is 9.59 Å². The fourth-order valence-electron chi connectivity index (χ4n) is 3.23. The lowest BCUT2D eigenvalue weighted by Crippen LogP contribution is -2.42. The number of nitrogens with one attached hydrogen (secondary N) is 2. The smallest absolute Gasteiger partial charge is 0.355 e. The molecule has 6 nitrogen and oxygen atoms in total. The first-order valence-electron chi connectivity index (χ1n) is 8.85. The van der Waals surface area contributed by atoms with E-state index < -0.39 is 46.6 Å². The average Bonchev–Trinajstić information content (AvgIpc) is 2.68. The summed E-state index contributed by atoms with van der Waals surface area (Å²) in [6.07, 6.45) is -7.00. The van der Waals surface area contributed by atoms with Crippen LogP contribution in [0.5, 0.6) is 0 Å². The van der Waals surface area contributed by atoms with Gasteiger partial charge in [0.25, 0.3) is 5.56 Å². The molecule has 1 saturated heterocycles. The highest BCUT2D eigenvalue weighted by Crippen LogP contribution is 2.36. The fraction of sp³-hybridized carbons (Fsp3) is 0.389. The van der Waals surface area contributed by atoms with Crippen molar-refractivity contribution in [1.29, 1.82) is 0 Å². The van der Waals surface area contributed by atoms with Crippen molar-refractivity contribution in [3.05, 3.63) is 52.1 Å². The van der Waals surface area contributed by atoms with Gasteiger partial charge in [-0.15, -0.1) is 0 Å². The molecule has 12 heteroatoms. The van der Waals surface area contributed by atoms with Gasteiger partial charge in [0.1, 0.15) is 11.5 Å². The second kappa shape index (κ2) is 8.00. The lowest BCUT2D eigenvalue weighted by atomic mass is 9.96. The molecule has 3 heterocycles. The Morgan fingerprint density at radius 3 is 2.60 bits per heavy atom. The highest BCUT2D eigenvalue weighted by Gasteiger charge is 2.37. The summed E-state index contributed by atoms with van der Waals surface area (Å²) in [5, 5.41) is 2.16. The number of pyridine rings is 2. The average molecular weight is 434 g/mol. The topological polar surface area (TPSA) is 78.1 Å².